The van der Waals surface area contributed by atoms with E-state index in [9.17, 15) is 14.9 Å². The monoisotopic (exact) mass is 333 g/mol. The molecule has 0 aromatic heterocycles. The second kappa shape index (κ2) is 8.48. The molecule has 6 heteroatoms. The van der Waals surface area contributed by atoms with Crippen molar-refractivity contribution in [2.75, 3.05) is 19.6 Å². The van der Waals surface area contributed by atoms with E-state index in [1.807, 2.05) is 0 Å². The van der Waals surface area contributed by atoms with E-state index in [1.165, 1.54) is 32.1 Å². The second-order valence-corrected chi connectivity index (χ2v) is 7.27. The van der Waals surface area contributed by atoms with Crippen molar-refractivity contribution in [3.63, 3.8) is 0 Å². The Labute approximate surface area is 144 Å². The largest absolute Gasteiger partial charge is 0.369 e. The number of nitrogens with zero attached hydrogens (tertiary/aromatic N) is 2. The molecule has 133 valence electrons. The van der Waals surface area contributed by atoms with Gasteiger partial charge in [-0.2, -0.15) is 5.26 Å². The van der Waals surface area contributed by atoms with Gasteiger partial charge in [-0.25, -0.2) is 0 Å². The van der Waals surface area contributed by atoms with Crippen molar-refractivity contribution in [2.24, 2.45) is 17.6 Å². The first kappa shape index (κ1) is 18.7. The smallest absolute Gasteiger partial charge is 0.227 e. The number of hydrogen-bond acceptors (Lipinski definition) is 4. The molecule has 3 N–H and O–H groups in total. The Hall–Kier alpha value is -1.61. The summed E-state index contributed by atoms with van der Waals surface area (Å²) in [6.07, 6.45) is 9.17. The number of nitrogens with one attached hydrogen (secondary N) is 1. The maximum absolute atomic E-state index is 12.8. The first-order valence-electron chi connectivity index (χ1n) is 9.04. The summed E-state index contributed by atoms with van der Waals surface area (Å²) in [5.74, 6) is -0.487. The first-order chi connectivity index (χ1) is 11.5. The van der Waals surface area contributed by atoms with Gasteiger partial charge in [-0.15, -0.1) is 0 Å². The Kier molecular flexibility index (Phi) is 6.61. The summed E-state index contributed by atoms with van der Waals surface area (Å²) in [6.45, 7) is 3.05. The van der Waals surface area contributed by atoms with Crippen LogP contribution in [0.4, 0.5) is 0 Å². The zero-order chi connectivity index (χ0) is 17.6. The highest BCUT2D eigenvalue weighted by Crippen LogP contribution is 2.29. The van der Waals surface area contributed by atoms with Crippen LogP contribution in [0.5, 0.6) is 0 Å². The molecule has 1 saturated heterocycles. The lowest BCUT2D eigenvalue weighted by atomic mass is 9.85. The highest BCUT2D eigenvalue weighted by molar-refractivity contribution is 5.86. The minimum atomic E-state index is -0.871. The van der Waals surface area contributed by atoms with E-state index in [0.29, 0.717) is 25.4 Å². The predicted molar refractivity (Wildman–Crippen MR) is 91.4 cm³/mol. The summed E-state index contributed by atoms with van der Waals surface area (Å²) in [6, 6.07) is 2.31. The molecule has 0 spiro atoms. The van der Waals surface area contributed by atoms with Gasteiger partial charge in [0.25, 0.3) is 0 Å². The Morgan fingerprint density at radius 2 is 2.12 bits per heavy atom. The molecule has 2 amide bonds. The van der Waals surface area contributed by atoms with Crippen molar-refractivity contribution >= 4 is 11.8 Å². The zero-order valence-electron chi connectivity index (χ0n) is 14.6. The Morgan fingerprint density at radius 3 is 2.67 bits per heavy atom. The van der Waals surface area contributed by atoms with E-state index in [2.05, 4.69) is 11.4 Å². The summed E-state index contributed by atoms with van der Waals surface area (Å²) >= 11 is 0. The number of nitriles is 1. The second-order valence-electron chi connectivity index (χ2n) is 7.27. The lowest BCUT2D eigenvalue weighted by molar-refractivity contribution is -0.134. The van der Waals surface area contributed by atoms with Crippen LogP contribution < -0.4 is 11.1 Å². The minimum Gasteiger partial charge on any atom is -0.369 e. The molecule has 2 atom stereocenters. The molecule has 1 aliphatic heterocycles. The van der Waals surface area contributed by atoms with Gasteiger partial charge in [0.2, 0.25) is 11.8 Å². The van der Waals surface area contributed by atoms with E-state index in [-0.39, 0.29) is 12.5 Å². The maximum atomic E-state index is 12.8. The molecule has 0 aromatic rings. The van der Waals surface area contributed by atoms with E-state index in [4.69, 9.17) is 5.73 Å². The highest BCUT2D eigenvalue weighted by Gasteiger charge is 2.43. The van der Waals surface area contributed by atoms with E-state index < -0.39 is 17.4 Å². The number of hydrogen-bond donors (Lipinski definition) is 2. The number of carbonyl (C=O) groups excluding carboxylic acids is 2. The molecule has 1 saturated carbocycles. The summed E-state index contributed by atoms with van der Waals surface area (Å²) in [5, 5.41) is 12.9. The summed E-state index contributed by atoms with van der Waals surface area (Å²) in [7, 11) is 0. The van der Waals surface area contributed by atoms with Crippen LogP contribution in [-0.2, 0) is 9.59 Å². The average molecular weight is 333 g/mol. The molecule has 6 nitrogen and oxygen atoms in total. The molecule has 2 unspecified atom stereocenters. The molecular weight excluding hydrogens is 304 g/mol. The molecule has 0 bridgehead atoms. The zero-order valence-corrected chi connectivity index (χ0v) is 14.6. The van der Waals surface area contributed by atoms with Crippen molar-refractivity contribution in [1.29, 1.82) is 5.26 Å². The van der Waals surface area contributed by atoms with Gasteiger partial charge in [0.05, 0.1) is 18.4 Å². The SMILES string of the molecule is CC(CN(C(=O)[CH]CC1CCCCC1)C1(C#N)CCNC1)C(N)=O. The van der Waals surface area contributed by atoms with Gasteiger partial charge in [-0.1, -0.05) is 39.0 Å². The third kappa shape index (κ3) is 4.47. The predicted octanol–water partition coefficient (Wildman–Crippen LogP) is 1.37. The average Bonchev–Trinajstić information content (AvgIpc) is 3.08. The molecule has 0 aromatic carbocycles. The van der Waals surface area contributed by atoms with Crippen LogP contribution in [0.2, 0.25) is 0 Å². The highest BCUT2D eigenvalue weighted by atomic mass is 16.2. The van der Waals surface area contributed by atoms with Crippen LogP contribution in [0, 0.1) is 29.6 Å². The van der Waals surface area contributed by atoms with Gasteiger partial charge >= 0.3 is 0 Å². The van der Waals surface area contributed by atoms with Crippen LogP contribution >= 0.6 is 0 Å². The Morgan fingerprint density at radius 1 is 1.42 bits per heavy atom. The lowest BCUT2D eigenvalue weighted by Gasteiger charge is -2.37. The fraction of sp³-hybridized carbons (Fsp3) is 0.778. The molecule has 24 heavy (non-hydrogen) atoms. The number of primary amides is 1. The van der Waals surface area contributed by atoms with Crippen LogP contribution in [0.15, 0.2) is 0 Å². The van der Waals surface area contributed by atoms with E-state index in [1.54, 1.807) is 18.2 Å². The van der Waals surface area contributed by atoms with Gasteiger partial charge in [-0.3, -0.25) is 9.59 Å². The molecule has 1 radical (unpaired) electrons. The van der Waals surface area contributed by atoms with Crippen molar-refractivity contribution < 1.29 is 9.59 Å². The van der Waals surface area contributed by atoms with Gasteiger partial charge in [0.1, 0.15) is 5.54 Å². The fourth-order valence-corrected chi connectivity index (χ4v) is 3.70. The van der Waals surface area contributed by atoms with Crippen molar-refractivity contribution in [1.82, 2.24) is 10.2 Å². The van der Waals surface area contributed by atoms with Crippen LogP contribution in [0.25, 0.3) is 0 Å². The van der Waals surface area contributed by atoms with Crippen molar-refractivity contribution in [3.05, 3.63) is 6.42 Å². The minimum absolute atomic E-state index is 0.140. The maximum Gasteiger partial charge on any atom is 0.227 e. The number of carbonyl (C=O) groups is 2. The normalized spacial score (nSPS) is 25.8. The van der Waals surface area contributed by atoms with Crippen LogP contribution in [0.3, 0.4) is 0 Å². The summed E-state index contributed by atoms with van der Waals surface area (Å²) in [5.41, 5.74) is 4.50. The van der Waals surface area contributed by atoms with Gasteiger partial charge in [-0.05, 0) is 25.3 Å². The van der Waals surface area contributed by atoms with E-state index >= 15 is 0 Å². The van der Waals surface area contributed by atoms with Gasteiger partial charge in [0.15, 0.2) is 0 Å². The van der Waals surface area contributed by atoms with Gasteiger partial charge < -0.3 is 16.0 Å². The van der Waals surface area contributed by atoms with Crippen molar-refractivity contribution in [2.45, 2.75) is 57.4 Å². The topological polar surface area (TPSA) is 99.2 Å². The number of rotatable bonds is 7. The Balaban J connectivity index is 2.04. The standard InChI is InChI=1S/C18H29N4O2/c1-14(17(20)24)11-22(18(12-19)9-10-21-13-18)16(23)8-7-15-5-3-2-4-6-15/h8,14-15,21H,2-7,9-11,13H2,1H3,(H2,20,24). The summed E-state index contributed by atoms with van der Waals surface area (Å²) in [4.78, 5) is 25.9. The quantitative estimate of drug-likeness (QED) is 0.735. The fourth-order valence-electron chi connectivity index (χ4n) is 3.70. The van der Waals surface area contributed by atoms with E-state index in [0.717, 1.165) is 6.42 Å². The van der Waals surface area contributed by atoms with Crippen LogP contribution in [0.1, 0.15) is 51.9 Å². The molecule has 1 aliphatic carbocycles. The third-order valence-corrected chi connectivity index (χ3v) is 5.42. The van der Waals surface area contributed by atoms with Gasteiger partial charge in [0, 0.05) is 13.1 Å². The number of nitrogens with two attached hydrogens (primary N) is 1. The lowest BCUT2D eigenvalue weighted by Crippen LogP contribution is -2.55. The van der Waals surface area contributed by atoms with Crippen LogP contribution in [-0.4, -0.2) is 41.9 Å². The molecule has 2 rings (SSSR count). The summed E-state index contributed by atoms with van der Waals surface area (Å²) < 4.78 is 0. The molecular formula is C18H29N4O2. The third-order valence-electron chi connectivity index (χ3n) is 5.42. The Bertz CT molecular complexity index is 488. The number of amides is 2. The van der Waals surface area contributed by atoms with Crippen molar-refractivity contribution in [3.8, 4) is 6.07 Å². The molecule has 2 aliphatic rings. The molecule has 1 heterocycles. The molecule has 2 fully saturated rings. The first-order valence-corrected chi connectivity index (χ1v) is 9.04.